The molecule has 0 bridgehead atoms. The summed E-state index contributed by atoms with van der Waals surface area (Å²) in [4.78, 5) is 0. The standard InChI is InChI=1S/C23H23N3OS/c1-16-11-13-20(14-12-16)27-17(2)22-24-25-23(26(22)3)28-15-19-9-6-8-18-7-4-5-10-21(18)19/h4-14,17H,15H2,1-3H3. The molecule has 0 aliphatic carbocycles. The van der Waals surface area contributed by atoms with E-state index in [-0.39, 0.29) is 6.10 Å². The summed E-state index contributed by atoms with van der Waals surface area (Å²) in [7, 11) is 2.00. The second kappa shape index (κ2) is 8.07. The predicted molar refractivity (Wildman–Crippen MR) is 115 cm³/mol. The topological polar surface area (TPSA) is 39.9 Å². The number of thioether (sulfide) groups is 1. The second-order valence-electron chi connectivity index (χ2n) is 6.90. The van der Waals surface area contributed by atoms with Crippen molar-refractivity contribution in [2.75, 3.05) is 0 Å². The van der Waals surface area contributed by atoms with E-state index in [0.717, 1.165) is 22.5 Å². The molecule has 0 aliphatic rings. The SMILES string of the molecule is Cc1ccc(OC(C)c2nnc(SCc3cccc4ccccc34)n2C)cc1. The van der Waals surface area contributed by atoms with E-state index in [9.17, 15) is 0 Å². The Bertz CT molecular complexity index is 1080. The van der Waals surface area contributed by atoms with Crippen LogP contribution in [-0.2, 0) is 12.8 Å². The average Bonchev–Trinajstić information content (AvgIpc) is 3.08. The van der Waals surface area contributed by atoms with E-state index < -0.39 is 0 Å². The zero-order chi connectivity index (χ0) is 19.5. The summed E-state index contributed by atoms with van der Waals surface area (Å²) in [6.07, 6.45) is -0.174. The number of aryl methyl sites for hydroxylation is 1. The van der Waals surface area contributed by atoms with Crippen molar-refractivity contribution in [3.8, 4) is 5.75 Å². The molecule has 0 spiro atoms. The van der Waals surface area contributed by atoms with Crippen LogP contribution in [-0.4, -0.2) is 14.8 Å². The van der Waals surface area contributed by atoms with Gasteiger partial charge in [0.15, 0.2) is 17.1 Å². The average molecular weight is 390 g/mol. The summed E-state index contributed by atoms with van der Waals surface area (Å²) in [5.41, 5.74) is 2.52. The largest absolute Gasteiger partial charge is 0.483 e. The van der Waals surface area contributed by atoms with Crippen LogP contribution in [0, 0.1) is 6.92 Å². The molecular formula is C23H23N3OS. The normalized spacial score (nSPS) is 12.2. The molecule has 4 aromatic rings. The van der Waals surface area contributed by atoms with Gasteiger partial charge in [-0.15, -0.1) is 10.2 Å². The van der Waals surface area contributed by atoms with Gasteiger partial charge in [0.2, 0.25) is 0 Å². The molecule has 1 unspecified atom stereocenters. The third kappa shape index (κ3) is 3.90. The van der Waals surface area contributed by atoms with Crippen molar-refractivity contribution in [2.24, 2.45) is 7.05 Å². The molecule has 1 atom stereocenters. The Morgan fingerprint density at radius 3 is 2.54 bits per heavy atom. The molecule has 1 aromatic heterocycles. The number of benzene rings is 3. The van der Waals surface area contributed by atoms with Gasteiger partial charge in [-0.2, -0.15) is 0 Å². The van der Waals surface area contributed by atoms with Crippen molar-refractivity contribution in [3.63, 3.8) is 0 Å². The van der Waals surface area contributed by atoms with Crippen molar-refractivity contribution in [1.29, 1.82) is 0 Å². The van der Waals surface area contributed by atoms with Crippen LogP contribution in [0.1, 0.15) is 30.0 Å². The van der Waals surface area contributed by atoms with Gasteiger partial charge in [-0.05, 0) is 42.3 Å². The van der Waals surface area contributed by atoms with Crippen molar-refractivity contribution >= 4 is 22.5 Å². The second-order valence-corrected chi connectivity index (χ2v) is 7.84. The van der Waals surface area contributed by atoms with E-state index in [2.05, 4.69) is 59.6 Å². The first-order chi connectivity index (χ1) is 13.6. The quantitative estimate of drug-likeness (QED) is 0.396. The zero-order valence-electron chi connectivity index (χ0n) is 16.3. The van der Waals surface area contributed by atoms with E-state index in [1.807, 2.05) is 42.8 Å². The molecule has 0 aliphatic heterocycles. The van der Waals surface area contributed by atoms with Crippen molar-refractivity contribution < 1.29 is 4.74 Å². The van der Waals surface area contributed by atoms with Gasteiger partial charge in [-0.3, -0.25) is 0 Å². The minimum absolute atomic E-state index is 0.174. The zero-order valence-corrected chi connectivity index (χ0v) is 17.1. The first-order valence-electron chi connectivity index (χ1n) is 9.34. The number of fused-ring (bicyclic) bond motifs is 1. The van der Waals surface area contributed by atoms with Crippen LogP contribution in [0.2, 0.25) is 0 Å². The summed E-state index contributed by atoms with van der Waals surface area (Å²) >= 11 is 1.70. The summed E-state index contributed by atoms with van der Waals surface area (Å²) in [6, 6.07) is 23.0. The van der Waals surface area contributed by atoms with E-state index in [1.165, 1.54) is 21.9 Å². The molecule has 4 nitrogen and oxygen atoms in total. The fraction of sp³-hybridized carbons (Fsp3) is 0.217. The van der Waals surface area contributed by atoms with Crippen LogP contribution in [0.15, 0.2) is 71.9 Å². The fourth-order valence-electron chi connectivity index (χ4n) is 3.24. The highest BCUT2D eigenvalue weighted by Gasteiger charge is 2.17. The Morgan fingerprint density at radius 2 is 1.71 bits per heavy atom. The van der Waals surface area contributed by atoms with Gasteiger partial charge in [-0.25, -0.2) is 0 Å². The summed E-state index contributed by atoms with van der Waals surface area (Å²) in [5, 5.41) is 12.2. The van der Waals surface area contributed by atoms with Crippen LogP contribution in [0.4, 0.5) is 0 Å². The van der Waals surface area contributed by atoms with E-state index >= 15 is 0 Å². The number of aromatic nitrogens is 3. The Balaban J connectivity index is 1.48. The molecule has 28 heavy (non-hydrogen) atoms. The van der Waals surface area contributed by atoms with Crippen LogP contribution in [0.3, 0.4) is 0 Å². The Hall–Kier alpha value is -2.79. The van der Waals surface area contributed by atoms with Crippen LogP contribution >= 0.6 is 11.8 Å². The highest BCUT2D eigenvalue weighted by Crippen LogP contribution is 2.28. The number of rotatable bonds is 6. The third-order valence-corrected chi connectivity index (χ3v) is 5.87. The maximum atomic E-state index is 6.04. The first-order valence-corrected chi connectivity index (χ1v) is 10.3. The summed E-state index contributed by atoms with van der Waals surface area (Å²) in [5.74, 6) is 2.51. The smallest absolute Gasteiger partial charge is 0.191 e. The van der Waals surface area contributed by atoms with Gasteiger partial charge in [0.1, 0.15) is 5.75 Å². The summed E-state index contributed by atoms with van der Waals surface area (Å²) in [6.45, 7) is 4.07. The molecule has 0 amide bonds. The van der Waals surface area contributed by atoms with Gasteiger partial charge >= 0.3 is 0 Å². The summed E-state index contributed by atoms with van der Waals surface area (Å²) < 4.78 is 8.06. The van der Waals surface area contributed by atoms with Crippen molar-refractivity contribution in [2.45, 2.75) is 30.9 Å². The fourth-order valence-corrected chi connectivity index (χ4v) is 4.16. The number of hydrogen-bond donors (Lipinski definition) is 0. The van der Waals surface area contributed by atoms with Crippen LogP contribution in [0.5, 0.6) is 5.75 Å². The number of nitrogens with zero attached hydrogens (tertiary/aromatic N) is 3. The molecule has 142 valence electrons. The van der Waals surface area contributed by atoms with Gasteiger partial charge in [0, 0.05) is 12.8 Å². The van der Waals surface area contributed by atoms with Crippen LogP contribution in [0.25, 0.3) is 10.8 Å². The van der Waals surface area contributed by atoms with Gasteiger partial charge in [0.05, 0.1) is 0 Å². The highest BCUT2D eigenvalue weighted by molar-refractivity contribution is 7.98. The molecule has 0 radical (unpaired) electrons. The highest BCUT2D eigenvalue weighted by atomic mass is 32.2. The number of hydrogen-bond acceptors (Lipinski definition) is 4. The lowest BCUT2D eigenvalue weighted by Gasteiger charge is -2.14. The van der Waals surface area contributed by atoms with Crippen molar-refractivity contribution in [3.05, 3.63) is 83.7 Å². The minimum atomic E-state index is -0.174. The van der Waals surface area contributed by atoms with Gasteiger partial charge in [0.25, 0.3) is 0 Å². The lowest BCUT2D eigenvalue weighted by Crippen LogP contribution is -2.10. The van der Waals surface area contributed by atoms with E-state index in [0.29, 0.717) is 0 Å². The molecule has 0 N–H and O–H groups in total. The Kier molecular flexibility index (Phi) is 5.35. The minimum Gasteiger partial charge on any atom is -0.483 e. The van der Waals surface area contributed by atoms with Crippen LogP contribution < -0.4 is 4.74 Å². The van der Waals surface area contributed by atoms with Gasteiger partial charge in [-0.1, -0.05) is 71.9 Å². The molecule has 4 rings (SSSR count). The monoisotopic (exact) mass is 389 g/mol. The first kappa shape index (κ1) is 18.6. The Labute approximate surface area is 169 Å². The maximum Gasteiger partial charge on any atom is 0.191 e. The molecule has 0 saturated heterocycles. The molecular weight excluding hydrogens is 366 g/mol. The maximum absolute atomic E-state index is 6.04. The third-order valence-electron chi connectivity index (χ3n) is 4.80. The number of ether oxygens (including phenoxy) is 1. The lowest BCUT2D eigenvalue weighted by molar-refractivity contribution is 0.211. The Morgan fingerprint density at radius 1 is 0.964 bits per heavy atom. The van der Waals surface area contributed by atoms with Gasteiger partial charge < -0.3 is 9.30 Å². The molecule has 5 heteroatoms. The molecule has 3 aromatic carbocycles. The molecule has 0 saturated carbocycles. The molecule has 1 heterocycles. The predicted octanol–water partition coefficient (Wildman–Crippen LogP) is 5.71. The molecule has 0 fully saturated rings. The van der Waals surface area contributed by atoms with E-state index in [1.54, 1.807) is 11.8 Å². The van der Waals surface area contributed by atoms with E-state index in [4.69, 9.17) is 4.74 Å². The lowest BCUT2D eigenvalue weighted by atomic mass is 10.1. The van der Waals surface area contributed by atoms with Crippen molar-refractivity contribution in [1.82, 2.24) is 14.8 Å².